The fourth-order valence-electron chi connectivity index (χ4n) is 5.96. The van der Waals surface area contributed by atoms with E-state index in [9.17, 15) is 23.3 Å². The average Bonchev–Trinajstić information content (AvgIpc) is 3.63. The van der Waals surface area contributed by atoms with Gasteiger partial charge in [-0.15, -0.1) is 11.3 Å². The Morgan fingerprint density at radius 1 is 1.10 bits per heavy atom. The summed E-state index contributed by atoms with van der Waals surface area (Å²) in [5.41, 5.74) is -1.64. The minimum atomic E-state index is -4.96. The molecule has 0 spiro atoms. The van der Waals surface area contributed by atoms with E-state index >= 15 is 13.2 Å². The lowest BCUT2D eigenvalue weighted by atomic mass is 9.96. The van der Waals surface area contributed by atoms with Crippen molar-refractivity contribution in [3.05, 3.63) is 112 Å². The van der Waals surface area contributed by atoms with Gasteiger partial charge < -0.3 is 15.0 Å². The van der Waals surface area contributed by atoms with Gasteiger partial charge in [0.1, 0.15) is 27.8 Å². The summed E-state index contributed by atoms with van der Waals surface area (Å²) in [5, 5.41) is 23.7. The van der Waals surface area contributed by atoms with Gasteiger partial charge in [0.25, 0.3) is 11.6 Å². The summed E-state index contributed by atoms with van der Waals surface area (Å²) in [6, 6.07) is 17.0. The fourth-order valence-corrected chi connectivity index (χ4v) is 8.15. The molecule has 0 aliphatic carbocycles. The third-order valence-corrected chi connectivity index (χ3v) is 11.1. The molecule has 52 heavy (non-hydrogen) atoms. The number of ether oxygens (including phenoxy) is 1. The Morgan fingerprint density at radius 3 is 2.56 bits per heavy atom. The summed E-state index contributed by atoms with van der Waals surface area (Å²) in [6.07, 6.45) is -1.18. The fraction of sp³-hybridized carbons (Fsp3) is 0.235. The molecule has 13 nitrogen and oxygen atoms in total. The van der Waals surface area contributed by atoms with Crippen LogP contribution in [-0.2, 0) is 16.2 Å². The summed E-state index contributed by atoms with van der Waals surface area (Å²) in [7, 11) is -3.06. The van der Waals surface area contributed by atoms with Gasteiger partial charge in [0.05, 0.1) is 28.7 Å². The van der Waals surface area contributed by atoms with Crippen molar-refractivity contribution in [2.45, 2.75) is 23.9 Å². The van der Waals surface area contributed by atoms with Crippen LogP contribution in [-0.4, -0.2) is 65.4 Å². The molecular formula is C34H30F3N7O6S2. The Bertz CT molecular complexity index is 2190. The van der Waals surface area contributed by atoms with Crippen LogP contribution >= 0.6 is 11.3 Å². The SMILES string of the molecule is CN(C[C@@H]1CCCN(c2c(NC(=O)c3csc(-c4ccnnc4)n3)ccc(Oc3ccccc3)c2C(F)(F)F)C1)S(=O)(=O)c1ccccc1[N+](=O)[O-]. The highest BCUT2D eigenvalue weighted by Gasteiger charge is 2.42. The van der Waals surface area contributed by atoms with Gasteiger partial charge in [-0.05, 0) is 55.2 Å². The maximum absolute atomic E-state index is 15.2. The van der Waals surface area contributed by atoms with E-state index in [1.807, 2.05) is 0 Å². The summed E-state index contributed by atoms with van der Waals surface area (Å²) in [4.78, 5) is 29.6. The van der Waals surface area contributed by atoms with E-state index in [1.54, 1.807) is 24.3 Å². The first-order valence-electron chi connectivity index (χ1n) is 15.8. The van der Waals surface area contributed by atoms with E-state index in [1.165, 1.54) is 60.1 Å². The molecular weight excluding hydrogens is 724 g/mol. The molecule has 0 saturated carbocycles. The Labute approximate surface area is 299 Å². The number of thiazole rings is 1. The predicted octanol–water partition coefficient (Wildman–Crippen LogP) is 7.11. The van der Waals surface area contributed by atoms with Crippen LogP contribution in [0.2, 0.25) is 0 Å². The maximum Gasteiger partial charge on any atom is 0.422 e. The predicted molar refractivity (Wildman–Crippen MR) is 187 cm³/mol. The highest BCUT2D eigenvalue weighted by molar-refractivity contribution is 7.89. The number of carbonyl (C=O) groups is 1. The molecule has 1 saturated heterocycles. The highest BCUT2D eigenvalue weighted by Crippen LogP contribution is 2.48. The number of halogens is 3. The van der Waals surface area contributed by atoms with Crippen LogP contribution in [0.15, 0.2) is 95.5 Å². The quantitative estimate of drug-likeness (QED) is 0.109. The summed E-state index contributed by atoms with van der Waals surface area (Å²) < 4.78 is 79.2. The number of rotatable bonds is 11. The van der Waals surface area contributed by atoms with Gasteiger partial charge in [-0.2, -0.15) is 23.4 Å². The van der Waals surface area contributed by atoms with Crippen LogP contribution in [0.25, 0.3) is 10.6 Å². The van der Waals surface area contributed by atoms with Crippen LogP contribution in [0.4, 0.5) is 30.2 Å². The molecule has 3 aromatic carbocycles. The van der Waals surface area contributed by atoms with Gasteiger partial charge in [-0.25, -0.2) is 17.7 Å². The number of nitro groups is 1. The number of alkyl halides is 3. The molecule has 5 aromatic rings. The zero-order chi connectivity index (χ0) is 37.0. The van der Waals surface area contributed by atoms with Crippen LogP contribution in [0, 0.1) is 16.0 Å². The Kier molecular flexibility index (Phi) is 10.5. The van der Waals surface area contributed by atoms with E-state index in [2.05, 4.69) is 20.5 Å². The van der Waals surface area contributed by atoms with Gasteiger partial charge in [0, 0.05) is 43.7 Å². The molecule has 2 aromatic heterocycles. The third-order valence-electron chi connectivity index (χ3n) is 8.31. The average molecular weight is 754 g/mol. The molecule has 1 amide bonds. The largest absolute Gasteiger partial charge is 0.457 e. The van der Waals surface area contributed by atoms with E-state index in [0.29, 0.717) is 23.4 Å². The van der Waals surface area contributed by atoms with Crippen molar-refractivity contribution in [2.75, 3.05) is 36.9 Å². The second-order valence-corrected chi connectivity index (χ2v) is 14.7. The van der Waals surface area contributed by atoms with E-state index in [4.69, 9.17) is 4.74 Å². The molecule has 0 unspecified atom stereocenters. The number of hydrogen-bond acceptors (Lipinski definition) is 11. The third kappa shape index (κ3) is 7.88. The smallest absolute Gasteiger partial charge is 0.422 e. The van der Waals surface area contributed by atoms with Crippen molar-refractivity contribution >= 4 is 44.3 Å². The molecule has 6 rings (SSSR count). The van der Waals surface area contributed by atoms with E-state index in [-0.39, 0.29) is 42.5 Å². The number of nitro benzene ring substituents is 1. The lowest BCUT2D eigenvalue weighted by Crippen LogP contribution is -2.42. The zero-order valence-corrected chi connectivity index (χ0v) is 29.0. The number of amides is 1. The van der Waals surface area contributed by atoms with Crippen LogP contribution in [0.5, 0.6) is 11.5 Å². The molecule has 1 fully saturated rings. The molecule has 270 valence electrons. The summed E-state index contributed by atoms with van der Waals surface area (Å²) in [5.74, 6) is -1.57. The molecule has 3 heterocycles. The van der Waals surface area contributed by atoms with Crippen LogP contribution in [0.1, 0.15) is 28.9 Å². The number of benzene rings is 3. The second-order valence-electron chi connectivity index (χ2n) is 11.8. The topological polar surface area (TPSA) is 161 Å². The number of carbonyl (C=O) groups excluding carboxylic acids is 1. The Hall–Kier alpha value is -5.46. The number of sulfonamides is 1. The highest BCUT2D eigenvalue weighted by atomic mass is 32.2. The lowest BCUT2D eigenvalue weighted by Gasteiger charge is -2.38. The van der Waals surface area contributed by atoms with Crippen molar-refractivity contribution in [1.82, 2.24) is 19.5 Å². The van der Waals surface area contributed by atoms with Crippen molar-refractivity contribution in [1.29, 1.82) is 0 Å². The minimum Gasteiger partial charge on any atom is -0.457 e. The zero-order valence-electron chi connectivity index (χ0n) is 27.4. The maximum atomic E-state index is 15.2. The molecule has 18 heteroatoms. The van der Waals surface area contributed by atoms with Crippen LogP contribution in [0.3, 0.4) is 0 Å². The second kappa shape index (κ2) is 15.0. The number of nitrogens with one attached hydrogen (secondary N) is 1. The number of piperidine rings is 1. The van der Waals surface area contributed by atoms with Crippen molar-refractivity contribution < 1.29 is 36.0 Å². The Balaban J connectivity index is 1.35. The lowest BCUT2D eigenvalue weighted by molar-refractivity contribution is -0.387. The molecule has 1 aliphatic heterocycles. The van der Waals surface area contributed by atoms with E-state index < -0.39 is 54.8 Å². The Morgan fingerprint density at radius 2 is 1.85 bits per heavy atom. The van der Waals surface area contributed by atoms with Gasteiger partial charge in [0.15, 0.2) is 4.90 Å². The molecule has 0 radical (unpaired) electrons. The first-order chi connectivity index (χ1) is 24.8. The van der Waals surface area contributed by atoms with Gasteiger partial charge in [0.2, 0.25) is 10.0 Å². The summed E-state index contributed by atoms with van der Waals surface area (Å²) >= 11 is 1.15. The number of hydrogen-bond donors (Lipinski definition) is 1. The standard InChI is InChI=1S/C34H30F3N7O6S2/c1-42(52(48,49)29-12-6-5-11-27(29)44(46)47)19-22-8-7-17-43(20-22)31-25(40-32(45)26-21-51-33(41-26)23-15-16-38-39-18-23)13-14-28(30(31)34(35,36)37)50-24-9-3-2-4-10-24/h2-6,9-16,18,21-22H,7-8,17,19-20H2,1H3,(H,40,45)/t22-/m0/s1. The molecule has 1 atom stereocenters. The van der Waals surface area contributed by atoms with Crippen molar-refractivity contribution in [3.63, 3.8) is 0 Å². The normalized spacial score (nSPS) is 15.0. The van der Waals surface area contributed by atoms with Gasteiger partial charge in [-0.3, -0.25) is 14.9 Å². The monoisotopic (exact) mass is 753 g/mol. The first kappa shape index (κ1) is 36.3. The minimum absolute atomic E-state index is 0.0284. The van der Waals surface area contributed by atoms with Crippen molar-refractivity contribution in [3.8, 4) is 22.1 Å². The number of para-hydroxylation sites is 2. The number of anilines is 2. The molecule has 1 N–H and O–H groups in total. The number of nitrogens with zero attached hydrogens (tertiary/aromatic N) is 6. The molecule has 1 aliphatic rings. The van der Waals surface area contributed by atoms with Crippen LogP contribution < -0.4 is 15.0 Å². The van der Waals surface area contributed by atoms with E-state index in [0.717, 1.165) is 33.8 Å². The van der Waals surface area contributed by atoms with Crippen molar-refractivity contribution in [2.24, 2.45) is 5.92 Å². The van der Waals surface area contributed by atoms with Gasteiger partial charge >= 0.3 is 6.18 Å². The number of aromatic nitrogens is 3. The van der Waals surface area contributed by atoms with Gasteiger partial charge in [-0.1, -0.05) is 30.3 Å². The summed E-state index contributed by atoms with van der Waals surface area (Å²) in [6.45, 7) is -0.0271. The molecule has 0 bridgehead atoms. The first-order valence-corrected chi connectivity index (χ1v) is 18.1.